The molecule has 0 aliphatic heterocycles. The maximum atomic E-state index is 5.54. The van der Waals surface area contributed by atoms with Crippen LogP contribution < -0.4 is 0 Å². The van der Waals surface area contributed by atoms with Crippen LogP contribution in [0.4, 0.5) is 0 Å². The van der Waals surface area contributed by atoms with Crippen molar-refractivity contribution in [3.63, 3.8) is 0 Å². The highest BCUT2D eigenvalue weighted by molar-refractivity contribution is 6.33. The molecular formula is C58H38N4. The summed E-state index contributed by atoms with van der Waals surface area (Å²) in [5, 5.41) is 11.7. The summed E-state index contributed by atoms with van der Waals surface area (Å²) in [5.41, 5.74) is 11.4. The van der Waals surface area contributed by atoms with E-state index in [0.717, 1.165) is 49.3 Å². The molecule has 0 bridgehead atoms. The fraction of sp³-hybridized carbons (Fsp3) is 0.0517. The topological polar surface area (TPSA) is 43.6 Å². The molecule has 1 aliphatic rings. The van der Waals surface area contributed by atoms with E-state index in [0.29, 0.717) is 17.6 Å². The lowest BCUT2D eigenvalue weighted by Gasteiger charge is -2.25. The van der Waals surface area contributed by atoms with Gasteiger partial charge >= 0.3 is 0 Å². The van der Waals surface area contributed by atoms with Crippen molar-refractivity contribution in [1.82, 2.24) is 19.5 Å². The van der Waals surface area contributed by atoms with Crippen LogP contribution in [0.15, 0.2) is 194 Å². The molecule has 12 aromatic rings. The Morgan fingerprint density at radius 2 is 0.855 bits per heavy atom. The summed E-state index contributed by atoms with van der Waals surface area (Å²) < 4.78 is 2.36. The van der Waals surface area contributed by atoms with Crippen molar-refractivity contribution in [3.8, 4) is 51.0 Å². The highest BCUT2D eigenvalue weighted by Gasteiger charge is 2.38. The molecule has 290 valence electrons. The zero-order valence-electron chi connectivity index (χ0n) is 34.3. The summed E-state index contributed by atoms with van der Waals surface area (Å²) in [5.74, 6) is 1.83. The van der Waals surface area contributed by atoms with Gasteiger partial charge in [-0.3, -0.25) is 4.57 Å². The van der Waals surface area contributed by atoms with Gasteiger partial charge < -0.3 is 0 Å². The van der Waals surface area contributed by atoms with Gasteiger partial charge in [0, 0.05) is 38.3 Å². The first kappa shape index (κ1) is 34.9. The molecule has 0 saturated heterocycles. The van der Waals surface area contributed by atoms with Crippen LogP contribution in [0, 0.1) is 0 Å². The van der Waals surface area contributed by atoms with Crippen molar-refractivity contribution in [3.05, 3.63) is 205 Å². The first-order valence-electron chi connectivity index (χ1n) is 21.4. The summed E-state index contributed by atoms with van der Waals surface area (Å²) in [6.45, 7) is 4.74. The van der Waals surface area contributed by atoms with Crippen molar-refractivity contribution < 1.29 is 0 Å². The smallest absolute Gasteiger partial charge is 0.238 e. The Labute approximate surface area is 358 Å². The van der Waals surface area contributed by atoms with E-state index in [-0.39, 0.29) is 5.41 Å². The molecule has 0 amide bonds. The van der Waals surface area contributed by atoms with E-state index < -0.39 is 0 Å². The molecule has 62 heavy (non-hydrogen) atoms. The normalized spacial score (nSPS) is 13.1. The van der Waals surface area contributed by atoms with Crippen LogP contribution in [0.5, 0.6) is 0 Å². The van der Waals surface area contributed by atoms with Crippen LogP contribution >= 0.6 is 0 Å². The van der Waals surface area contributed by atoms with E-state index in [2.05, 4.69) is 213 Å². The second kappa shape index (κ2) is 13.0. The maximum absolute atomic E-state index is 5.54. The molecule has 0 N–H and O–H groups in total. The molecule has 4 heteroatoms. The molecule has 0 radical (unpaired) electrons. The first-order chi connectivity index (χ1) is 30.5. The van der Waals surface area contributed by atoms with E-state index >= 15 is 0 Å². The molecule has 0 unspecified atom stereocenters. The predicted molar refractivity (Wildman–Crippen MR) is 258 cm³/mol. The summed E-state index contributed by atoms with van der Waals surface area (Å²) >= 11 is 0. The second-order valence-electron chi connectivity index (χ2n) is 17.2. The largest absolute Gasteiger partial charge is 0.277 e. The quantitative estimate of drug-likeness (QED) is 0.167. The van der Waals surface area contributed by atoms with Crippen molar-refractivity contribution in [1.29, 1.82) is 0 Å². The van der Waals surface area contributed by atoms with Gasteiger partial charge in [-0.1, -0.05) is 196 Å². The summed E-state index contributed by atoms with van der Waals surface area (Å²) in [4.78, 5) is 16.4. The maximum Gasteiger partial charge on any atom is 0.238 e. The van der Waals surface area contributed by atoms with Gasteiger partial charge in [0.25, 0.3) is 0 Å². The summed E-state index contributed by atoms with van der Waals surface area (Å²) in [7, 11) is 0. The number of rotatable bonds is 4. The first-order valence-corrected chi connectivity index (χ1v) is 21.4. The third kappa shape index (κ3) is 4.98. The summed E-state index contributed by atoms with van der Waals surface area (Å²) in [6.07, 6.45) is 0. The van der Waals surface area contributed by atoms with E-state index in [4.69, 9.17) is 15.0 Å². The third-order valence-corrected chi connectivity index (χ3v) is 13.4. The molecule has 0 fully saturated rings. The average molecular weight is 791 g/mol. The lowest BCUT2D eigenvalue weighted by molar-refractivity contribution is 0.662. The molecule has 1 aliphatic carbocycles. The number of fused-ring (bicyclic) bond motifs is 13. The van der Waals surface area contributed by atoms with Gasteiger partial charge in [0.1, 0.15) is 0 Å². The van der Waals surface area contributed by atoms with Crippen molar-refractivity contribution in [2.75, 3.05) is 0 Å². The lowest BCUT2D eigenvalue weighted by atomic mass is 9.78. The SMILES string of the molecule is CC1(C)c2ccccc2-c2cccc(-c3cccc4c5c6ccccc6c6ccccc6c5n(-c5nc(-c6ccc7ccccc7c6)nc(-c6ccc7ccccc7c6)n5)c34)c21. The number of aromatic nitrogens is 4. The molecular weight excluding hydrogens is 753 g/mol. The number of hydrogen-bond acceptors (Lipinski definition) is 3. The van der Waals surface area contributed by atoms with Crippen LogP contribution in [0.2, 0.25) is 0 Å². The Balaban J connectivity index is 1.20. The minimum atomic E-state index is -0.222. The minimum Gasteiger partial charge on any atom is -0.277 e. The molecule has 4 nitrogen and oxygen atoms in total. The Hall–Kier alpha value is -7.95. The fourth-order valence-electron chi connectivity index (χ4n) is 10.6. The predicted octanol–water partition coefficient (Wildman–Crippen LogP) is 14.9. The Morgan fingerprint density at radius 3 is 1.53 bits per heavy atom. The van der Waals surface area contributed by atoms with Crippen LogP contribution in [0.25, 0.3) is 116 Å². The molecule has 0 atom stereocenters. The third-order valence-electron chi connectivity index (χ3n) is 13.4. The van der Waals surface area contributed by atoms with Gasteiger partial charge in [0.15, 0.2) is 11.6 Å². The summed E-state index contributed by atoms with van der Waals surface area (Å²) in [6, 6.07) is 70.1. The Kier molecular flexibility index (Phi) is 7.32. The molecule has 2 aromatic heterocycles. The van der Waals surface area contributed by atoms with E-state index in [9.17, 15) is 0 Å². The molecule has 13 rings (SSSR count). The fourth-order valence-corrected chi connectivity index (χ4v) is 10.6. The van der Waals surface area contributed by atoms with Crippen LogP contribution in [0.3, 0.4) is 0 Å². The molecule has 0 spiro atoms. The van der Waals surface area contributed by atoms with Crippen molar-refractivity contribution in [2.45, 2.75) is 19.3 Å². The monoisotopic (exact) mass is 790 g/mol. The number of benzene rings is 10. The van der Waals surface area contributed by atoms with E-state index in [1.54, 1.807) is 0 Å². The van der Waals surface area contributed by atoms with Crippen LogP contribution in [0.1, 0.15) is 25.0 Å². The van der Waals surface area contributed by atoms with Gasteiger partial charge in [-0.25, -0.2) is 4.98 Å². The average Bonchev–Trinajstić information content (AvgIpc) is 3.81. The van der Waals surface area contributed by atoms with E-state index in [1.165, 1.54) is 60.1 Å². The zero-order chi connectivity index (χ0) is 41.1. The highest BCUT2D eigenvalue weighted by atomic mass is 15.2. The molecule has 10 aromatic carbocycles. The van der Waals surface area contributed by atoms with Crippen molar-refractivity contribution >= 4 is 64.9 Å². The Morgan fingerprint density at radius 1 is 0.371 bits per heavy atom. The van der Waals surface area contributed by atoms with Gasteiger partial charge in [-0.2, -0.15) is 9.97 Å². The number of para-hydroxylation sites is 1. The lowest BCUT2D eigenvalue weighted by Crippen LogP contribution is -2.16. The second-order valence-corrected chi connectivity index (χ2v) is 17.2. The van der Waals surface area contributed by atoms with Crippen LogP contribution in [-0.2, 0) is 5.41 Å². The van der Waals surface area contributed by atoms with Crippen molar-refractivity contribution in [2.24, 2.45) is 0 Å². The van der Waals surface area contributed by atoms with Gasteiger partial charge in [0.2, 0.25) is 5.95 Å². The van der Waals surface area contributed by atoms with Gasteiger partial charge in [-0.05, 0) is 77.7 Å². The molecule has 2 heterocycles. The van der Waals surface area contributed by atoms with Gasteiger partial charge in [0.05, 0.1) is 11.0 Å². The van der Waals surface area contributed by atoms with E-state index in [1.807, 2.05) is 0 Å². The molecule has 0 saturated carbocycles. The highest BCUT2D eigenvalue weighted by Crippen LogP contribution is 2.54. The standard InChI is InChI=1S/C58H38N4/c1-58(2)50-28-12-11-21-43(50)45-24-13-25-46(52(45)58)48-26-14-27-49-51-44-22-9-7-19-41(44)42-20-8-10-23-47(42)54(51)62(53(48)49)57-60-55(39-31-29-35-15-3-5-17-37(35)33-39)59-56(61-57)40-32-30-36-16-4-6-18-38(36)34-40/h3-34H,1-2H3. The van der Waals surface area contributed by atoms with Crippen LogP contribution in [-0.4, -0.2) is 19.5 Å². The zero-order valence-corrected chi connectivity index (χ0v) is 34.3. The number of hydrogen-bond donors (Lipinski definition) is 0. The minimum absolute atomic E-state index is 0.222. The Bertz CT molecular complexity index is 3760. The number of nitrogens with zero attached hydrogens (tertiary/aromatic N) is 4. The van der Waals surface area contributed by atoms with Gasteiger partial charge in [-0.15, -0.1) is 0 Å².